The maximum atomic E-state index is 13.2. The summed E-state index contributed by atoms with van der Waals surface area (Å²) in [6.45, 7) is 0. The van der Waals surface area contributed by atoms with Crippen LogP contribution in [0.1, 0.15) is 5.56 Å². The van der Waals surface area contributed by atoms with Gasteiger partial charge in [0.1, 0.15) is 5.75 Å². The molecular weight excluding hydrogens is 420 g/mol. The van der Waals surface area contributed by atoms with Gasteiger partial charge in [0.15, 0.2) is 9.84 Å². The second-order valence-corrected chi connectivity index (χ2v) is 9.89. The number of fused-ring (bicyclic) bond motifs is 2. The van der Waals surface area contributed by atoms with E-state index in [4.69, 9.17) is 5.11 Å². The van der Waals surface area contributed by atoms with E-state index >= 15 is 0 Å². The van der Waals surface area contributed by atoms with Gasteiger partial charge in [0.05, 0.1) is 21.3 Å². The summed E-state index contributed by atoms with van der Waals surface area (Å²) in [5.41, 5.74) is 0.518. The van der Waals surface area contributed by atoms with Crippen molar-refractivity contribution in [2.45, 2.75) is 15.5 Å². The Morgan fingerprint density at radius 1 is 0.867 bits per heavy atom. The summed E-state index contributed by atoms with van der Waals surface area (Å²) < 4.78 is 26.4. The summed E-state index contributed by atoms with van der Waals surface area (Å²) in [5.74, 6) is -1.54. The van der Waals surface area contributed by atoms with E-state index in [0.29, 0.717) is 21.2 Å². The number of sulfone groups is 1. The van der Waals surface area contributed by atoms with Crippen LogP contribution in [0.5, 0.6) is 5.75 Å². The first-order valence-electron chi connectivity index (χ1n) is 9.15. The molecule has 0 aromatic heterocycles. The zero-order valence-corrected chi connectivity index (χ0v) is 17.4. The van der Waals surface area contributed by atoms with Gasteiger partial charge in [-0.15, -0.1) is 11.8 Å². The SMILES string of the molecule is O=C(O)CSc1cc(CS(=O)(=O)c2ccc3ccccc3c2)c2ccccc2c1O. The number of phenols is 1. The van der Waals surface area contributed by atoms with Crippen LogP contribution in [0.2, 0.25) is 0 Å². The van der Waals surface area contributed by atoms with Gasteiger partial charge < -0.3 is 10.2 Å². The van der Waals surface area contributed by atoms with Crippen LogP contribution in [-0.4, -0.2) is 30.4 Å². The predicted octanol–water partition coefficient (Wildman–Crippen LogP) is 4.85. The molecule has 0 aliphatic rings. The van der Waals surface area contributed by atoms with Gasteiger partial charge in [0.2, 0.25) is 0 Å². The molecule has 0 unspecified atom stereocenters. The van der Waals surface area contributed by atoms with E-state index in [1.165, 1.54) is 0 Å². The maximum Gasteiger partial charge on any atom is 0.313 e. The Morgan fingerprint density at radius 2 is 1.53 bits per heavy atom. The minimum Gasteiger partial charge on any atom is -0.506 e. The van der Waals surface area contributed by atoms with E-state index in [9.17, 15) is 18.3 Å². The van der Waals surface area contributed by atoms with Crippen LogP contribution in [0.4, 0.5) is 0 Å². The lowest BCUT2D eigenvalue weighted by Crippen LogP contribution is -2.06. The van der Waals surface area contributed by atoms with E-state index in [1.54, 1.807) is 48.5 Å². The van der Waals surface area contributed by atoms with Gasteiger partial charge in [-0.2, -0.15) is 0 Å². The number of carbonyl (C=O) groups is 1. The summed E-state index contributed by atoms with van der Waals surface area (Å²) in [7, 11) is -3.66. The van der Waals surface area contributed by atoms with Crippen molar-refractivity contribution in [1.82, 2.24) is 0 Å². The summed E-state index contributed by atoms with van der Waals surface area (Å²) in [5, 5.41) is 22.4. The molecule has 0 amide bonds. The number of benzene rings is 4. The Kier molecular flexibility index (Phi) is 5.40. The molecule has 4 rings (SSSR count). The largest absolute Gasteiger partial charge is 0.506 e. The quantitative estimate of drug-likeness (QED) is 0.418. The number of thioether (sulfide) groups is 1. The smallest absolute Gasteiger partial charge is 0.313 e. The summed E-state index contributed by atoms with van der Waals surface area (Å²) in [4.78, 5) is 11.5. The van der Waals surface area contributed by atoms with Crippen LogP contribution >= 0.6 is 11.8 Å². The molecule has 4 aromatic rings. The molecule has 5 nitrogen and oxygen atoms in total. The van der Waals surface area contributed by atoms with E-state index in [1.807, 2.05) is 24.3 Å². The van der Waals surface area contributed by atoms with Gasteiger partial charge in [0, 0.05) is 5.39 Å². The van der Waals surface area contributed by atoms with E-state index in [2.05, 4.69) is 0 Å². The molecule has 7 heteroatoms. The Morgan fingerprint density at radius 3 is 2.27 bits per heavy atom. The molecule has 2 N–H and O–H groups in total. The zero-order valence-electron chi connectivity index (χ0n) is 15.8. The number of carboxylic acid groups (broad SMARTS) is 1. The molecule has 0 saturated heterocycles. The fourth-order valence-electron chi connectivity index (χ4n) is 3.42. The van der Waals surface area contributed by atoms with Crippen molar-refractivity contribution in [3.63, 3.8) is 0 Å². The Bertz CT molecular complexity index is 1380. The molecule has 4 aromatic carbocycles. The molecule has 0 bridgehead atoms. The molecular formula is C23H18O5S2. The van der Waals surface area contributed by atoms with Crippen molar-refractivity contribution in [2.75, 3.05) is 5.75 Å². The first kappa shape index (κ1) is 20.3. The van der Waals surface area contributed by atoms with Gasteiger partial charge in [-0.05, 0) is 39.9 Å². The van der Waals surface area contributed by atoms with Gasteiger partial charge in [-0.1, -0.05) is 54.6 Å². The fraction of sp³-hybridized carbons (Fsp3) is 0.0870. The first-order chi connectivity index (χ1) is 14.3. The highest BCUT2D eigenvalue weighted by Crippen LogP contribution is 2.38. The molecule has 0 aliphatic carbocycles. The highest BCUT2D eigenvalue weighted by atomic mass is 32.2. The van der Waals surface area contributed by atoms with Gasteiger partial charge in [0.25, 0.3) is 0 Å². The van der Waals surface area contributed by atoms with Crippen molar-refractivity contribution in [3.8, 4) is 5.75 Å². The van der Waals surface area contributed by atoms with Gasteiger partial charge in [-0.3, -0.25) is 4.79 Å². The third kappa shape index (κ3) is 3.99. The average Bonchev–Trinajstić information content (AvgIpc) is 2.74. The van der Waals surface area contributed by atoms with Gasteiger partial charge >= 0.3 is 5.97 Å². The van der Waals surface area contributed by atoms with Crippen molar-refractivity contribution in [3.05, 3.63) is 78.4 Å². The minimum atomic E-state index is -3.66. The summed E-state index contributed by atoms with van der Waals surface area (Å²) in [6, 6.07) is 21.1. The van der Waals surface area contributed by atoms with Crippen LogP contribution in [0, 0.1) is 0 Å². The molecule has 30 heavy (non-hydrogen) atoms. The standard InChI is InChI=1S/C23H18O5S2/c24-22(25)13-29-21-12-17(19-7-3-4-8-20(19)23(21)26)14-30(27,28)18-10-9-15-5-1-2-6-16(15)11-18/h1-12,26H,13-14H2,(H,24,25). The summed E-state index contributed by atoms with van der Waals surface area (Å²) in [6.07, 6.45) is 0. The van der Waals surface area contributed by atoms with E-state index in [-0.39, 0.29) is 22.2 Å². The number of phenolic OH excluding ortho intramolecular Hbond substituents is 1. The Hall–Kier alpha value is -3.03. The van der Waals surface area contributed by atoms with E-state index in [0.717, 1.165) is 22.5 Å². The highest BCUT2D eigenvalue weighted by Gasteiger charge is 2.20. The Balaban J connectivity index is 1.79. The molecule has 0 aliphatic heterocycles. The number of carboxylic acids is 1. The topological polar surface area (TPSA) is 91.7 Å². The summed E-state index contributed by atoms with van der Waals surface area (Å²) >= 11 is 0.963. The first-order valence-corrected chi connectivity index (χ1v) is 11.8. The lowest BCUT2D eigenvalue weighted by atomic mass is 10.0. The van der Waals surface area contributed by atoms with Crippen LogP contribution in [0.25, 0.3) is 21.5 Å². The lowest BCUT2D eigenvalue weighted by Gasteiger charge is -2.13. The molecule has 0 radical (unpaired) electrons. The third-order valence-electron chi connectivity index (χ3n) is 4.84. The Labute approximate surface area is 177 Å². The molecule has 0 atom stereocenters. The molecule has 152 valence electrons. The van der Waals surface area contributed by atoms with Crippen molar-refractivity contribution in [2.24, 2.45) is 0 Å². The van der Waals surface area contributed by atoms with E-state index < -0.39 is 15.8 Å². The molecule has 0 spiro atoms. The second-order valence-electron chi connectivity index (χ2n) is 6.88. The predicted molar refractivity (Wildman–Crippen MR) is 119 cm³/mol. The number of rotatable bonds is 6. The molecule has 0 heterocycles. The average molecular weight is 439 g/mol. The number of hydrogen-bond donors (Lipinski definition) is 2. The minimum absolute atomic E-state index is 0.0382. The normalized spacial score (nSPS) is 11.7. The zero-order chi connectivity index (χ0) is 21.3. The van der Waals surface area contributed by atoms with Crippen LogP contribution < -0.4 is 0 Å². The molecule has 0 saturated carbocycles. The number of hydrogen-bond acceptors (Lipinski definition) is 5. The lowest BCUT2D eigenvalue weighted by molar-refractivity contribution is -0.133. The van der Waals surface area contributed by atoms with Crippen LogP contribution in [0.15, 0.2) is 82.6 Å². The second kappa shape index (κ2) is 8.01. The van der Waals surface area contributed by atoms with Crippen LogP contribution in [-0.2, 0) is 20.4 Å². The highest BCUT2D eigenvalue weighted by molar-refractivity contribution is 8.00. The number of aromatic hydroxyl groups is 1. The maximum absolute atomic E-state index is 13.2. The number of aliphatic carboxylic acids is 1. The fourth-order valence-corrected chi connectivity index (χ4v) is 5.57. The van der Waals surface area contributed by atoms with Crippen molar-refractivity contribution < 1.29 is 23.4 Å². The monoisotopic (exact) mass is 438 g/mol. The van der Waals surface area contributed by atoms with Gasteiger partial charge in [-0.25, -0.2) is 8.42 Å². The van der Waals surface area contributed by atoms with Crippen molar-refractivity contribution >= 4 is 49.1 Å². The van der Waals surface area contributed by atoms with Crippen LogP contribution in [0.3, 0.4) is 0 Å². The third-order valence-corrected chi connectivity index (χ3v) is 7.52. The molecule has 0 fully saturated rings. The van der Waals surface area contributed by atoms with Crippen molar-refractivity contribution in [1.29, 1.82) is 0 Å².